The number of rotatable bonds is 3. The third-order valence-electron chi connectivity index (χ3n) is 4.25. The number of hydrogen-bond donors (Lipinski definition) is 0. The Morgan fingerprint density at radius 1 is 0.958 bits per heavy atom. The van der Waals surface area contributed by atoms with E-state index in [2.05, 4.69) is 15.0 Å². The van der Waals surface area contributed by atoms with Crippen molar-refractivity contribution < 1.29 is 17.7 Å². The van der Waals surface area contributed by atoms with Crippen LogP contribution in [0.1, 0.15) is 43.6 Å². The van der Waals surface area contributed by atoms with E-state index in [-0.39, 0.29) is 0 Å². The molecule has 3 rings (SSSR count). The summed E-state index contributed by atoms with van der Waals surface area (Å²) >= 11 is 0. The normalized spacial score (nSPS) is 17.5. The van der Waals surface area contributed by atoms with Crippen molar-refractivity contribution in [1.29, 1.82) is 0 Å². The molecule has 1 saturated heterocycles. The second kappa shape index (κ2) is 7.34. The van der Waals surface area contributed by atoms with Crippen LogP contribution in [0.2, 0.25) is 0 Å². The van der Waals surface area contributed by atoms with Crippen molar-refractivity contribution in [3.05, 3.63) is 35.7 Å². The molecule has 7 heteroatoms. The van der Waals surface area contributed by atoms with Crippen molar-refractivity contribution in [3.63, 3.8) is 0 Å². The summed E-state index contributed by atoms with van der Waals surface area (Å²) in [5, 5.41) is 3.89. The molecule has 1 aromatic carbocycles. The van der Waals surface area contributed by atoms with Gasteiger partial charge in [-0.25, -0.2) is 0 Å². The van der Waals surface area contributed by atoms with Crippen molar-refractivity contribution in [1.82, 2.24) is 15.0 Å². The Morgan fingerprint density at radius 3 is 2.21 bits per heavy atom. The van der Waals surface area contributed by atoms with Crippen molar-refractivity contribution in [2.75, 3.05) is 13.1 Å². The Labute approximate surface area is 138 Å². The van der Waals surface area contributed by atoms with Gasteiger partial charge in [0.05, 0.1) is 12.1 Å². The van der Waals surface area contributed by atoms with Crippen LogP contribution in [0.4, 0.5) is 13.2 Å². The van der Waals surface area contributed by atoms with Crippen LogP contribution >= 0.6 is 0 Å². The van der Waals surface area contributed by atoms with E-state index in [1.54, 1.807) is 0 Å². The Bertz CT molecular complexity index is 644. The van der Waals surface area contributed by atoms with Crippen molar-refractivity contribution in [2.45, 2.75) is 44.8 Å². The number of hydrogen-bond acceptors (Lipinski definition) is 4. The monoisotopic (exact) mass is 339 g/mol. The van der Waals surface area contributed by atoms with Gasteiger partial charge in [0, 0.05) is 5.56 Å². The summed E-state index contributed by atoms with van der Waals surface area (Å²) in [6.45, 7) is 2.61. The van der Waals surface area contributed by atoms with Crippen molar-refractivity contribution in [2.24, 2.45) is 0 Å². The maximum Gasteiger partial charge on any atom is 0.416 e. The topological polar surface area (TPSA) is 42.2 Å². The van der Waals surface area contributed by atoms with Gasteiger partial charge in [0.15, 0.2) is 0 Å². The average molecular weight is 339 g/mol. The fourth-order valence-electron chi connectivity index (χ4n) is 2.91. The van der Waals surface area contributed by atoms with Gasteiger partial charge >= 0.3 is 6.18 Å². The summed E-state index contributed by atoms with van der Waals surface area (Å²) < 4.78 is 43.0. The molecule has 0 amide bonds. The lowest BCUT2D eigenvalue weighted by atomic mass is 10.1. The summed E-state index contributed by atoms with van der Waals surface area (Å²) in [7, 11) is 0. The molecule has 0 bridgehead atoms. The number of benzene rings is 1. The molecule has 1 fully saturated rings. The highest BCUT2D eigenvalue weighted by Gasteiger charge is 2.30. The smallest absolute Gasteiger partial charge is 0.338 e. The predicted molar refractivity (Wildman–Crippen MR) is 83.1 cm³/mol. The Kier molecular flexibility index (Phi) is 5.18. The molecule has 0 spiro atoms. The third kappa shape index (κ3) is 4.35. The van der Waals surface area contributed by atoms with E-state index in [1.165, 1.54) is 44.2 Å². The van der Waals surface area contributed by atoms with Gasteiger partial charge < -0.3 is 4.52 Å². The highest BCUT2D eigenvalue weighted by molar-refractivity contribution is 5.54. The molecule has 1 aromatic heterocycles. The number of nitrogens with zero attached hydrogens (tertiary/aromatic N) is 3. The van der Waals surface area contributed by atoms with Crippen LogP contribution < -0.4 is 0 Å². The molecule has 1 aliphatic rings. The van der Waals surface area contributed by atoms with E-state index < -0.39 is 11.7 Å². The Morgan fingerprint density at radius 2 is 1.58 bits per heavy atom. The summed E-state index contributed by atoms with van der Waals surface area (Å²) in [6.07, 6.45) is 1.78. The molecule has 130 valence electrons. The number of alkyl halides is 3. The summed E-state index contributed by atoms with van der Waals surface area (Å²) in [4.78, 5) is 6.61. The van der Waals surface area contributed by atoms with Gasteiger partial charge in [0.25, 0.3) is 0 Å². The summed E-state index contributed by atoms with van der Waals surface area (Å²) in [5.74, 6) is 0.830. The van der Waals surface area contributed by atoms with Gasteiger partial charge in [0.2, 0.25) is 11.7 Å². The van der Waals surface area contributed by atoms with Crippen molar-refractivity contribution >= 4 is 0 Å². The van der Waals surface area contributed by atoms with E-state index in [4.69, 9.17) is 4.52 Å². The van der Waals surface area contributed by atoms with Gasteiger partial charge in [-0.2, -0.15) is 18.2 Å². The zero-order valence-electron chi connectivity index (χ0n) is 13.4. The molecule has 0 radical (unpaired) electrons. The SMILES string of the molecule is FC(F)(F)c1ccc(-c2noc(CN3CCCCCCC3)n2)cc1. The molecule has 2 aromatic rings. The van der Waals surface area contributed by atoms with Crippen LogP contribution in [-0.2, 0) is 12.7 Å². The maximum absolute atomic E-state index is 12.6. The lowest BCUT2D eigenvalue weighted by molar-refractivity contribution is -0.137. The average Bonchev–Trinajstić information content (AvgIpc) is 2.98. The largest absolute Gasteiger partial charge is 0.416 e. The summed E-state index contributed by atoms with van der Waals surface area (Å²) in [5.41, 5.74) is -0.165. The van der Waals surface area contributed by atoms with Crippen LogP contribution in [0.25, 0.3) is 11.4 Å². The van der Waals surface area contributed by atoms with Crippen LogP contribution in [0.5, 0.6) is 0 Å². The number of aromatic nitrogens is 2. The first-order valence-corrected chi connectivity index (χ1v) is 8.25. The van der Waals surface area contributed by atoms with E-state index in [0.717, 1.165) is 25.2 Å². The fraction of sp³-hybridized carbons (Fsp3) is 0.529. The summed E-state index contributed by atoms with van der Waals surface area (Å²) in [6, 6.07) is 4.80. The van der Waals surface area contributed by atoms with Crippen molar-refractivity contribution in [3.8, 4) is 11.4 Å². The first-order chi connectivity index (χ1) is 11.5. The van der Waals surface area contributed by atoms with Crippen LogP contribution in [0, 0.1) is 0 Å². The minimum atomic E-state index is -4.34. The molecule has 0 N–H and O–H groups in total. The highest BCUT2D eigenvalue weighted by Crippen LogP contribution is 2.30. The zero-order valence-corrected chi connectivity index (χ0v) is 13.4. The minimum Gasteiger partial charge on any atom is -0.338 e. The Hall–Kier alpha value is -1.89. The van der Waals surface area contributed by atoms with E-state index in [0.29, 0.717) is 23.8 Å². The second-order valence-electron chi connectivity index (χ2n) is 6.13. The second-order valence-corrected chi connectivity index (χ2v) is 6.13. The first-order valence-electron chi connectivity index (χ1n) is 8.25. The quantitative estimate of drug-likeness (QED) is 0.824. The van der Waals surface area contributed by atoms with Gasteiger partial charge in [-0.1, -0.05) is 36.6 Å². The maximum atomic E-state index is 12.6. The molecule has 1 aliphatic heterocycles. The highest BCUT2D eigenvalue weighted by atomic mass is 19.4. The molecular formula is C17H20F3N3O. The molecule has 0 saturated carbocycles. The fourth-order valence-corrected chi connectivity index (χ4v) is 2.91. The number of halogens is 3. The molecule has 2 heterocycles. The third-order valence-corrected chi connectivity index (χ3v) is 4.25. The lowest BCUT2D eigenvalue weighted by Gasteiger charge is -2.22. The van der Waals surface area contributed by atoms with E-state index in [1.807, 2.05) is 0 Å². The van der Waals surface area contributed by atoms with Gasteiger partial charge in [-0.3, -0.25) is 4.90 Å². The standard InChI is InChI=1S/C17H20F3N3O/c18-17(19,20)14-8-6-13(7-9-14)16-21-15(24-22-16)12-23-10-4-2-1-3-5-11-23/h6-9H,1-5,10-12H2. The molecular weight excluding hydrogens is 319 g/mol. The predicted octanol–water partition coefficient (Wildman–Crippen LogP) is 4.52. The zero-order chi connectivity index (χ0) is 17.0. The minimum absolute atomic E-state index is 0.325. The molecule has 0 atom stereocenters. The van der Waals surface area contributed by atoms with E-state index in [9.17, 15) is 13.2 Å². The van der Waals surface area contributed by atoms with Gasteiger partial charge in [0.1, 0.15) is 0 Å². The molecule has 0 unspecified atom stereocenters. The Balaban J connectivity index is 1.66. The van der Waals surface area contributed by atoms with Crippen LogP contribution in [0.15, 0.2) is 28.8 Å². The van der Waals surface area contributed by atoms with Gasteiger partial charge in [-0.05, 0) is 38.1 Å². The number of likely N-dealkylation sites (tertiary alicyclic amines) is 1. The van der Waals surface area contributed by atoms with Crippen LogP contribution in [0.3, 0.4) is 0 Å². The van der Waals surface area contributed by atoms with Crippen LogP contribution in [-0.4, -0.2) is 28.1 Å². The molecule has 4 nitrogen and oxygen atoms in total. The molecule has 24 heavy (non-hydrogen) atoms. The lowest BCUT2D eigenvalue weighted by Crippen LogP contribution is -2.27. The van der Waals surface area contributed by atoms with Gasteiger partial charge in [-0.15, -0.1) is 0 Å². The molecule has 0 aliphatic carbocycles. The van der Waals surface area contributed by atoms with E-state index >= 15 is 0 Å². The first kappa shape index (κ1) is 17.0.